The molecule has 0 heterocycles. The quantitative estimate of drug-likeness (QED) is 0.795. The Morgan fingerprint density at radius 1 is 1.41 bits per heavy atom. The molecule has 1 aromatic carbocycles. The SMILES string of the molecule is CC(C)CNCC(=O)OCc1ccccc1Cl. The number of hydrogen-bond donors (Lipinski definition) is 1. The van der Waals surface area contributed by atoms with Crippen molar-refractivity contribution in [1.29, 1.82) is 0 Å². The Morgan fingerprint density at radius 3 is 2.76 bits per heavy atom. The Labute approximate surface area is 107 Å². The molecule has 94 valence electrons. The van der Waals surface area contributed by atoms with Gasteiger partial charge in [-0.2, -0.15) is 0 Å². The van der Waals surface area contributed by atoms with Crippen molar-refractivity contribution in [2.75, 3.05) is 13.1 Å². The predicted molar refractivity (Wildman–Crippen MR) is 69.0 cm³/mol. The van der Waals surface area contributed by atoms with Crippen LogP contribution in [0, 0.1) is 5.92 Å². The number of carbonyl (C=O) groups excluding carboxylic acids is 1. The highest BCUT2D eigenvalue weighted by atomic mass is 35.5. The molecule has 0 aromatic heterocycles. The molecule has 1 N–H and O–H groups in total. The van der Waals surface area contributed by atoms with Gasteiger partial charge in [0.05, 0.1) is 6.54 Å². The third kappa shape index (κ3) is 5.71. The average molecular weight is 256 g/mol. The van der Waals surface area contributed by atoms with E-state index in [-0.39, 0.29) is 19.1 Å². The Hall–Kier alpha value is -1.06. The first kappa shape index (κ1) is 14.0. The Kier molecular flexibility index (Phi) is 6.01. The fourth-order valence-corrected chi connectivity index (χ4v) is 1.48. The minimum absolute atomic E-state index is 0.224. The fraction of sp³-hybridized carbons (Fsp3) is 0.462. The van der Waals surface area contributed by atoms with Gasteiger partial charge in [0.1, 0.15) is 6.61 Å². The number of halogens is 1. The van der Waals surface area contributed by atoms with Gasteiger partial charge in [0.15, 0.2) is 0 Å². The first-order valence-electron chi connectivity index (χ1n) is 5.69. The highest BCUT2D eigenvalue weighted by Gasteiger charge is 2.05. The molecule has 3 nitrogen and oxygen atoms in total. The van der Waals surface area contributed by atoms with Crippen molar-refractivity contribution in [3.8, 4) is 0 Å². The van der Waals surface area contributed by atoms with Gasteiger partial charge in [0.25, 0.3) is 0 Å². The largest absolute Gasteiger partial charge is 0.460 e. The molecule has 0 atom stereocenters. The van der Waals surface area contributed by atoms with Crippen LogP contribution in [-0.4, -0.2) is 19.1 Å². The summed E-state index contributed by atoms with van der Waals surface area (Å²) >= 11 is 5.95. The van der Waals surface area contributed by atoms with E-state index >= 15 is 0 Å². The average Bonchev–Trinajstić information content (AvgIpc) is 2.27. The summed E-state index contributed by atoms with van der Waals surface area (Å²) in [6.45, 7) is 5.44. The first-order valence-corrected chi connectivity index (χ1v) is 6.07. The van der Waals surface area contributed by atoms with Gasteiger partial charge in [-0.1, -0.05) is 43.6 Å². The molecule has 1 rings (SSSR count). The smallest absolute Gasteiger partial charge is 0.320 e. The van der Waals surface area contributed by atoms with E-state index in [0.29, 0.717) is 10.9 Å². The number of esters is 1. The van der Waals surface area contributed by atoms with Crippen LogP contribution in [0.4, 0.5) is 0 Å². The summed E-state index contributed by atoms with van der Waals surface area (Å²) in [5.74, 6) is 0.261. The summed E-state index contributed by atoms with van der Waals surface area (Å²) < 4.78 is 5.10. The molecule has 0 fully saturated rings. The normalized spacial score (nSPS) is 10.6. The van der Waals surface area contributed by atoms with Crippen LogP contribution in [0.25, 0.3) is 0 Å². The van der Waals surface area contributed by atoms with Gasteiger partial charge in [-0.05, 0) is 18.5 Å². The van der Waals surface area contributed by atoms with Crippen molar-refractivity contribution in [2.45, 2.75) is 20.5 Å². The maximum absolute atomic E-state index is 11.4. The van der Waals surface area contributed by atoms with Crippen LogP contribution in [0.2, 0.25) is 5.02 Å². The van der Waals surface area contributed by atoms with Gasteiger partial charge < -0.3 is 10.1 Å². The number of rotatable bonds is 6. The number of nitrogens with one attached hydrogen (secondary N) is 1. The van der Waals surface area contributed by atoms with E-state index in [1.807, 2.05) is 18.2 Å². The van der Waals surface area contributed by atoms with Crippen molar-refractivity contribution < 1.29 is 9.53 Å². The number of hydrogen-bond acceptors (Lipinski definition) is 3. The molecule has 0 aliphatic carbocycles. The van der Waals surface area contributed by atoms with E-state index in [2.05, 4.69) is 19.2 Å². The predicted octanol–water partition coefficient (Wildman–Crippen LogP) is 2.63. The highest BCUT2D eigenvalue weighted by molar-refractivity contribution is 6.31. The van der Waals surface area contributed by atoms with Crippen molar-refractivity contribution in [1.82, 2.24) is 5.32 Å². The topological polar surface area (TPSA) is 38.3 Å². The number of benzene rings is 1. The summed E-state index contributed by atoms with van der Waals surface area (Å²) in [6.07, 6.45) is 0. The Balaban J connectivity index is 2.26. The molecule has 0 aliphatic heterocycles. The third-order valence-electron chi connectivity index (χ3n) is 2.17. The molecule has 0 radical (unpaired) electrons. The van der Waals surface area contributed by atoms with E-state index in [1.54, 1.807) is 6.07 Å². The molecule has 0 saturated carbocycles. The van der Waals surface area contributed by atoms with Gasteiger partial charge in [-0.25, -0.2) is 0 Å². The molecule has 4 heteroatoms. The molecule has 0 amide bonds. The first-order chi connectivity index (χ1) is 8.09. The fourth-order valence-electron chi connectivity index (χ4n) is 1.29. The van der Waals surface area contributed by atoms with Crippen LogP contribution in [0.5, 0.6) is 0 Å². The minimum atomic E-state index is -0.259. The molecule has 0 unspecified atom stereocenters. The number of carbonyl (C=O) groups is 1. The summed E-state index contributed by atoms with van der Waals surface area (Å²) in [5.41, 5.74) is 0.825. The lowest BCUT2D eigenvalue weighted by Gasteiger charge is -2.08. The molecular weight excluding hydrogens is 238 g/mol. The lowest BCUT2D eigenvalue weighted by molar-refractivity contribution is -0.143. The molecular formula is C13H18ClNO2. The van der Waals surface area contributed by atoms with Crippen molar-refractivity contribution in [2.24, 2.45) is 5.92 Å². The zero-order valence-electron chi connectivity index (χ0n) is 10.2. The third-order valence-corrected chi connectivity index (χ3v) is 2.54. The van der Waals surface area contributed by atoms with Crippen LogP contribution < -0.4 is 5.32 Å². The molecule has 1 aromatic rings. The maximum Gasteiger partial charge on any atom is 0.320 e. The van der Waals surface area contributed by atoms with Crippen LogP contribution in [0.15, 0.2) is 24.3 Å². The second-order valence-corrected chi connectivity index (χ2v) is 4.68. The molecule has 0 bridgehead atoms. The summed E-state index contributed by atoms with van der Waals surface area (Å²) in [6, 6.07) is 7.34. The molecule has 0 spiro atoms. The van der Waals surface area contributed by atoms with Crippen molar-refractivity contribution >= 4 is 17.6 Å². The van der Waals surface area contributed by atoms with Crippen LogP contribution in [0.1, 0.15) is 19.4 Å². The van der Waals surface area contributed by atoms with Gasteiger partial charge in [-0.3, -0.25) is 4.79 Å². The van der Waals surface area contributed by atoms with Crippen LogP contribution >= 0.6 is 11.6 Å². The second-order valence-electron chi connectivity index (χ2n) is 4.28. The second kappa shape index (κ2) is 7.30. The lowest BCUT2D eigenvalue weighted by atomic mass is 10.2. The molecule has 0 aliphatic rings. The van der Waals surface area contributed by atoms with E-state index < -0.39 is 0 Å². The van der Waals surface area contributed by atoms with Crippen LogP contribution in [-0.2, 0) is 16.1 Å². The standard InChI is InChI=1S/C13H18ClNO2/c1-10(2)7-15-8-13(16)17-9-11-5-3-4-6-12(11)14/h3-6,10,15H,7-9H2,1-2H3. The molecule has 17 heavy (non-hydrogen) atoms. The Morgan fingerprint density at radius 2 is 2.12 bits per heavy atom. The number of ether oxygens (including phenoxy) is 1. The summed E-state index contributed by atoms with van der Waals surface area (Å²) in [5, 5.41) is 3.65. The van der Waals surface area contributed by atoms with Crippen molar-refractivity contribution in [3.05, 3.63) is 34.9 Å². The van der Waals surface area contributed by atoms with Gasteiger partial charge >= 0.3 is 5.97 Å². The molecule has 0 saturated heterocycles. The van der Waals surface area contributed by atoms with Crippen molar-refractivity contribution in [3.63, 3.8) is 0 Å². The zero-order chi connectivity index (χ0) is 12.7. The van der Waals surface area contributed by atoms with E-state index in [0.717, 1.165) is 12.1 Å². The monoisotopic (exact) mass is 255 g/mol. The zero-order valence-corrected chi connectivity index (χ0v) is 11.0. The van der Waals surface area contributed by atoms with Crippen LogP contribution in [0.3, 0.4) is 0 Å². The van der Waals surface area contributed by atoms with Gasteiger partial charge in [0, 0.05) is 10.6 Å². The summed E-state index contributed by atoms with van der Waals surface area (Å²) in [7, 11) is 0. The highest BCUT2D eigenvalue weighted by Crippen LogP contribution is 2.15. The maximum atomic E-state index is 11.4. The van der Waals surface area contributed by atoms with Gasteiger partial charge in [0.2, 0.25) is 0 Å². The Bertz CT molecular complexity index is 366. The summed E-state index contributed by atoms with van der Waals surface area (Å²) in [4.78, 5) is 11.4. The van der Waals surface area contributed by atoms with Gasteiger partial charge in [-0.15, -0.1) is 0 Å². The van der Waals surface area contributed by atoms with E-state index in [1.165, 1.54) is 0 Å². The van der Waals surface area contributed by atoms with E-state index in [9.17, 15) is 4.79 Å². The minimum Gasteiger partial charge on any atom is -0.460 e. The van der Waals surface area contributed by atoms with E-state index in [4.69, 9.17) is 16.3 Å². The lowest BCUT2D eigenvalue weighted by Crippen LogP contribution is -2.27.